The summed E-state index contributed by atoms with van der Waals surface area (Å²) in [7, 11) is 2.78. The minimum absolute atomic E-state index is 0.276. The van der Waals surface area contributed by atoms with Gasteiger partial charge in [0.2, 0.25) is 15.8 Å². The van der Waals surface area contributed by atoms with Gasteiger partial charge in [-0.05, 0) is 30.3 Å². The third-order valence-electron chi connectivity index (χ3n) is 5.39. The fourth-order valence-corrected chi connectivity index (χ4v) is 4.98. The summed E-state index contributed by atoms with van der Waals surface area (Å²) in [6.45, 7) is 2.70. The first-order valence-corrected chi connectivity index (χ1v) is 12.1. The van der Waals surface area contributed by atoms with Gasteiger partial charge in [0.25, 0.3) is 0 Å². The average molecular weight is 527 g/mol. The van der Waals surface area contributed by atoms with Gasteiger partial charge in [0.1, 0.15) is 5.75 Å². The van der Waals surface area contributed by atoms with Crippen LogP contribution in [-0.4, -0.2) is 94.4 Å². The van der Waals surface area contributed by atoms with Crippen LogP contribution in [0.15, 0.2) is 41.3 Å². The van der Waals surface area contributed by atoms with Gasteiger partial charge in [-0.3, -0.25) is 4.90 Å². The smallest absolute Gasteiger partial charge is 0.414 e. The molecule has 1 aliphatic heterocycles. The third-order valence-corrected chi connectivity index (χ3v) is 7.30. The molecule has 0 amide bonds. The summed E-state index contributed by atoms with van der Waals surface area (Å²) >= 11 is 0. The van der Waals surface area contributed by atoms with Gasteiger partial charge in [-0.1, -0.05) is 6.07 Å². The molecule has 0 radical (unpaired) electrons. The number of carboxylic acids is 2. The van der Waals surface area contributed by atoms with E-state index in [9.17, 15) is 8.42 Å². The highest BCUT2D eigenvalue weighted by Gasteiger charge is 2.29. The van der Waals surface area contributed by atoms with Gasteiger partial charge in [0.05, 0.1) is 33.3 Å². The monoisotopic (exact) mass is 526 g/mol. The molecule has 2 N–H and O–H groups in total. The molecule has 1 fully saturated rings. The summed E-state index contributed by atoms with van der Waals surface area (Å²) in [5.41, 5.74) is 0.960. The number of hydrogen-bond donors (Lipinski definition) is 2. The molecular formula is C23H30N2O10S. The van der Waals surface area contributed by atoms with Crippen LogP contribution < -0.4 is 18.9 Å². The Balaban J connectivity index is 0.000000678. The van der Waals surface area contributed by atoms with Gasteiger partial charge in [0.15, 0.2) is 11.5 Å². The van der Waals surface area contributed by atoms with Gasteiger partial charge >= 0.3 is 11.9 Å². The number of benzene rings is 2. The van der Waals surface area contributed by atoms with E-state index in [0.29, 0.717) is 55.7 Å². The Hall–Kier alpha value is -3.55. The SMILES string of the molecule is COc1ccc(S(=O)(=O)N2CCN(Cc3ccc(OC)c(OC)c3OC)CC2)cc1.O=C(O)C(=O)O. The second-order valence-electron chi connectivity index (χ2n) is 7.46. The predicted octanol–water partition coefficient (Wildman–Crippen LogP) is 1.38. The van der Waals surface area contributed by atoms with E-state index in [-0.39, 0.29) is 4.90 Å². The van der Waals surface area contributed by atoms with Crippen LogP contribution in [0.4, 0.5) is 0 Å². The Morgan fingerprint density at radius 3 is 1.78 bits per heavy atom. The lowest BCUT2D eigenvalue weighted by molar-refractivity contribution is -0.159. The van der Waals surface area contributed by atoms with E-state index in [1.165, 1.54) is 4.31 Å². The van der Waals surface area contributed by atoms with Crippen LogP contribution >= 0.6 is 0 Å². The summed E-state index contributed by atoms with van der Waals surface area (Å²) in [4.78, 5) is 20.7. The standard InChI is InChI=1S/C21H28N2O6S.C2H2O4/c1-26-17-6-8-18(9-7-17)30(24,25)23-13-11-22(12-14-23)15-16-5-10-19(27-2)21(29-4)20(16)28-3;3-1(4)2(5)6/h5-10H,11-15H2,1-4H3;(H,3,4)(H,5,6). The summed E-state index contributed by atoms with van der Waals surface area (Å²) < 4.78 is 48.8. The van der Waals surface area contributed by atoms with E-state index < -0.39 is 22.0 Å². The fraction of sp³-hybridized carbons (Fsp3) is 0.391. The summed E-state index contributed by atoms with van der Waals surface area (Å²) in [6, 6.07) is 10.3. The molecule has 0 saturated carbocycles. The Morgan fingerprint density at radius 1 is 0.778 bits per heavy atom. The number of sulfonamides is 1. The van der Waals surface area contributed by atoms with Gasteiger partial charge in [-0.15, -0.1) is 0 Å². The fourth-order valence-electron chi connectivity index (χ4n) is 3.55. The molecule has 1 aliphatic rings. The molecule has 2 aromatic rings. The number of aliphatic carboxylic acids is 2. The summed E-state index contributed by atoms with van der Waals surface area (Å²) in [6.07, 6.45) is 0. The van der Waals surface area contributed by atoms with Crippen LogP contribution in [0.5, 0.6) is 23.0 Å². The highest BCUT2D eigenvalue weighted by atomic mass is 32.2. The van der Waals surface area contributed by atoms with Gasteiger partial charge in [-0.25, -0.2) is 18.0 Å². The molecule has 0 aromatic heterocycles. The van der Waals surface area contributed by atoms with Crippen LogP contribution in [0.3, 0.4) is 0 Å². The topological polar surface area (TPSA) is 152 Å². The van der Waals surface area contributed by atoms with Crippen molar-refractivity contribution in [2.45, 2.75) is 11.4 Å². The molecule has 0 bridgehead atoms. The minimum Gasteiger partial charge on any atom is -0.497 e. The molecule has 1 saturated heterocycles. The number of ether oxygens (including phenoxy) is 4. The van der Waals surface area contributed by atoms with E-state index in [1.54, 1.807) is 52.7 Å². The van der Waals surface area contributed by atoms with Gasteiger partial charge < -0.3 is 29.2 Å². The zero-order valence-electron chi connectivity index (χ0n) is 20.5. The maximum Gasteiger partial charge on any atom is 0.414 e. The Bertz CT molecular complexity index is 1130. The Kier molecular flexibility index (Phi) is 10.3. The maximum atomic E-state index is 12.9. The highest BCUT2D eigenvalue weighted by Crippen LogP contribution is 2.40. The van der Waals surface area contributed by atoms with Crippen molar-refractivity contribution in [2.75, 3.05) is 54.6 Å². The molecule has 0 unspecified atom stereocenters. The molecule has 0 atom stereocenters. The number of methoxy groups -OCH3 is 4. The van der Waals surface area contributed by atoms with Crippen molar-refractivity contribution in [3.05, 3.63) is 42.0 Å². The van der Waals surface area contributed by atoms with Crippen molar-refractivity contribution < 1.29 is 47.2 Å². The lowest BCUT2D eigenvalue weighted by Gasteiger charge is -2.34. The second-order valence-corrected chi connectivity index (χ2v) is 9.40. The van der Waals surface area contributed by atoms with Crippen LogP contribution in [0.25, 0.3) is 0 Å². The van der Waals surface area contributed by atoms with E-state index in [0.717, 1.165) is 5.56 Å². The van der Waals surface area contributed by atoms with Crippen molar-refractivity contribution >= 4 is 22.0 Å². The minimum atomic E-state index is -3.53. The first kappa shape index (κ1) is 28.7. The molecule has 3 rings (SSSR count). The van der Waals surface area contributed by atoms with Gasteiger partial charge in [-0.2, -0.15) is 4.31 Å². The molecule has 0 aliphatic carbocycles. The van der Waals surface area contributed by atoms with Crippen LogP contribution in [0, 0.1) is 0 Å². The third kappa shape index (κ3) is 6.99. The molecule has 36 heavy (non-hydrogen) atoms. The number of hydrogen-bond acceptors (Lipinski definition) is 9. The normalized spacial score (nSPS) is 14.2. The number of carbonyl (C=O) groups is 2. The number of piperazine rings is 1. The van der Waals surface area contributed by atoms with E-state index in [2.05, 4.69) is 4.90 Å². The summed E-state index contributed by atoms with van der Waals surface area (Å²) in [5, 5.41) is 14.8. The van der Waals surface area contributed by atoms with Crippen molar-refractivity contribution in [3.63, 3.8) is 0 Å². The molecule has 0 spiro atoms. The quantitative estimate of drug-likeness (QED) is 0.480. The predicted molar refractivity (Wildman–Crippen MR) is 128 cm³/mol. The van der Waals surface area contributed by atoms with Gasteiger partial charge in [0, 0.05) is 38.3 Å². The van der Waals surface area contributed by atoms with E-state index >= 15 is 0 Å². The molecule has 13 heteroatoms. The molecule has 12 nitrogen and oxygen atoms in total. The number of carboxylic acid groups (broad SMARTS) is 2. The zero-order chi connectivity index (χ0) is 26.9. The maximum absolute atomic E-state index is 12.9. The van der Waals surface area contributed by atoms with Crippen molar-refractivity contribution in [2.24, 2.45) is 0 Å². The van der Waals surface area contributed by atoms with Crippen LogP contribution in [-0.2, 0) is 26.2 Å². The molecule has 1 heterocycles. The lowest BCUT2D eigenvalue weighted by atomic mass is 10.1. The molecule has 198 valence electrons. The largest absolute Gasteiger partial charge is 0.497 e. The van der Waals surface area contributed by atoms with E-state index in [1.807, 2.05) is 12.1 Å². The van der Waals surface area contributed by atoms with Crippen LogP contribution in [0.2, 0.25) is 0 Å². The number of nitrogens with zero attached hydrogens (tertiary/aromatic N) is 2. The number of rotatable bonds is 8. The average Bonchev–Trinajstić information content (AvgIpc) is 2.88. The summed E-state index contributed by atoms with van der Waals surface area (Å²) in [5.74, 6) is -1.23. The molecule has 2 aromatic carbocycles. The second kappa shape index (κ2) is 13.0. The zero-order valence-corrected chi connectivity index (χ0v) is 21.3. The Labute approximate surface area is 209 Å². The lowest BCUT2D eigenvalue weighted by Crippen LogP contribution is -2.48. The van der Waals surface area contributed by atoms with Crippen LogP contribution in [0.1, 0.15) is 5.56 Å². The van der Waals surface area contributed by atoms with Crippen molar-refractivity contribution in [3.8, 4) is 23.0 Å². The molecular weight excluding hydrogens is 496 g/mol. The first-order chi connectivity index (χ1) is 17.1. The van der Waals surface area contributed by atoms with Crippen molar-refractivity contribution in [1.82, 2.24) is 9.21 Å². The Morgan fingerprint density at radius 2 is 1.33 bits per heavy atom. The first-order valence-electron chi connectivity index (χ1n) is 10.7. The highest BCUT2D eigenvalue weighted by molar-refractivity contribution is 7.89. The van der Waals surface area contributed by atoms with Crippen molar-refractivity contribution in [1.29, 1.82) is 0 Å². The van der Waals surface area contributed by atoms with E-state index in [4.69, 9.17) is 38.7 Å².